The van der Waals surface area contributed by atoms with Gasteiger partial charge in [-0.2, -0.15) is 0 Å². The number of anilines is 1. The summed E-state index contributed by atoms with van der Waals surface area (Å²) in [5, 5.41) is 3.14. The zero-order valence-electron chi connectivity index (χ0n) is 12.3. The molecule has 1 N–H and O–H groups in total. The molecule has 3 rings (SSSR count). The summed E-state index contributed by atoms with van der Waals surface area (Å²) in [5.74, 6) is 2.41. The van der Waals surface area contributed by atoms with E-state index < -0.39 is 0 Å². The van der Waals surface area contributed by atoms with Crippen molar-refractivity contribution in [2.24, 2.45) is 0 Å². The summed E-state index contributed by atoms with van der Waals surface area (Å²) >= 11 is 0. The molecule has 0 fully saturated rings. The predicted octanol–water partition coefficient (Wildman–Crippen LogP) is 2.66. The first-order valence-corrected chi connectivity index (χ1v) is 7.20. The second kappa shape index (κ2) is 6.10. The molecule has 110 valence electrons. The fourth-order valence-corrected chi connectivity index (χ4v) is 2.46. The molecule has 1 aliphatic heterocycles. The first-order chi connectivity index (χ1) is 10.3. The molecule has 0 spiro atoms. The largest absolute Gasteiger partial charge is 0.494 e. The van der Waals surface area contributed by atoms with E-state index in [0.29, 0.717) is 19.8 Å². The Balaban J connectivity index is 2.04. The van der Waals surface area contributed by atoms with Crippen molar-refractivity contribution in [3.05, 3.63) is 35.5 Å². The average molecular weight is 285 g/mol. The monoisotopic (exact) mass is 285 g/mol. The first kappa shape index (κ1) is 13.8. The quantitative estimate of drug-likeness (QED) is 0.936. The number of nitrogens with zero attached hydrogens (tertiary/aromatic N) is 2. The van der Waals surface area contributed by atoms with Crippen LogP contribution in [-0.4, -0.2) is 30.2 Å². The lowest BCUT2D eigenvalue weighted by atomic mass is 10.1. The summed E-state index contributed by atoms with van der Waals surface area (Å²) in [4.78, 5) is 9.32. The van der Waals surface area contributed by atoms with Crippen molar-refractivity contribution in [2.45, 2.75) is 20.0 Å². The fourth-order valence-electron chi connectivity index (χ4n) is 2.46. The minimum absolute atomic E-state index is 0.574. The highest BCUT2D eigenvalue weighted by atomic mass is 16.5. The predicted molar refractivity (Wildman–Crippen MR) is 81.5 cm³/mol. The van der Waals surface area contributed by atoms with E-state index in [1.54, 1.807) is 0 Å². The molecule has 0 bridgehead atoms. The molecule has 1 aromatic carbocycles. The summed E-state index contributed by atoms with van der Waals surface area (Å²) in [6.07, 6.45) is 0.824. The van der Waals surface area contributed by atoms with Gasteiger partial charge in [-0.15, -0.1) is 0 Å². The Bertz CT molecular complexity index is 626. The van der Waals surface area contributed by atoms with Gasteiger partial charge < -0.3 is 14.8 Å². The minimum Gasteiger partial charge on any atom is -0.494 e. The number of hydrogen-bond donors (Lipinski definition) is 1. The molecule has 2 aromatic rings. The Hall–Kier alpha value is -2.14. The van der Waals surface area contributed by atoms with Gasteiger partial charge in [-0.1, -0.05) is 12.1 Å². The molecule has 0 unspecified atom stereocenters. The number of rotatable bonds is 4. The smallest absolute Gasteiger partial charge is 0.161 e. The van der Waals surface area contributed by atoms with Crippen molar-refractivity contribution in [3.8, 4) is 17.1 Å². The van der Waals surface area contributed by atoms with Crippen LogP contribution in [0.3, 0.4) is 0 Å². The number of fused-ring (bicyclic) bond motifs is 1. The molecule has 1 aromatic heterocycles. The molecule has 0 radical (unpaired) electrons. The third-order valence-electron chi connectivity index (χ3n) is 3.46. The Kier molecular flexibility index (Phi) is 4.01. The van der Waals surface area contributed by atoms with Crippen molar-refractivity contribution < 1.29 is 9.47 Å². The van der Waals surface area contributed by atoms with Crippen molar-refractivity contribution in [3.63, 3.8) is 0 Å². The average Bonchev–Trinajstić information content (AvgIpc) is 2.54. The van der Waals surface area contributed by atoms with Crippen molar-refractivity contribution in [1.29, 1.82) is 0 Å². The summed E-state index contributed by atoms with van der Waals surface area (Å²) in [7, 11) is 1.87. The van der Waals surface area contributed by atoms with Crippen molar-refractivity contribution in [2.75, 3.05) is 25.6 Å². The van der Waals surface area contributed by atoms with E-state index in [-0.39, 0.29) is 0 Å². The Labute approximate surface area is 124 Å². The van der Waals surface area contributed by atoms with Crippen LogP contribution in [0.25, 0.3) is 11.4 Å². The number of nitrogens with one attached hydrogen (secondary N) is 1. The summed E-state index contributed by atoms with van der Waals surface area (Å²) in [6.45, 7) is 3.91. The van der Waals surface area contributed by atoms with Gasteiger partial charge in [-0.05, 0) is 19.1 Å². The van der Waals surface area contributed by atoms with Gasteiger partial charge >= 0.3 is 0 Å². The lowest BCUT2D eigenvalue weighted by Gasteiger charge is -2.19. The third kappa shape index (κ3) is 2.83. The molecule has 2 heterocycles. The molecule has 0 atom stereocenters. The maximum atomic E-state index is 5.55. The van der Waals surface area contributed by atoms with Crippen LogP contribution in [-0.2, 0) is 17.8 Å². The van der Waals surface area contributed by atoms with E-state index in [4.69, 9.17) is 14.5 Å². The molecule has 5 heteroatoms. The molecule has 0 aliphatic carbocycles. The topological polar surface area (TPSA) is 56.3 Å². The second-order valence-electron chi connectivity index (χ2n) is 4.83. The lowest BCUT2D eigenvalue weighted by molar-refractivity contribution is 0.109. The molecule has 21 heavy (non-hydrogen) atoms. The normalized spacial score (nSPS) is 13.6. The van der Waals surface area contributed by atoms with Gasteiger partial charge in [0.1, 0.15) is 11.6 Å². The molecular weight excluding hydrogens is 266 g/mol. The second-order valence-corrected chi connectivity index (χ2v) is 4.83. The maximum absolute atomic E-state index is 5.55. The number of aromatic nitrogens is 2. The maximum Gasteiger partial charge on any atom is 0.161 e. The SMILES string of the molecule is CCOc1cccc(-c2nc3c(c(NC)n2)COCC3)c1. The van der Waals surface area contributed by atoms with Crippen LogP contribution in [0.15, 0.2) is 24.3 Å². The third-order valence-corrected chi connectivity index (χ3v) is 3.46. The van der Waals surface area contributed by atoms with Crippen molar-refractivity contribution >= 4 is 5.82 Å². The van der Waals surface area contributed by atoms with Crippen LogP contribution in [0.2, 0.25) is 0 Å². The summed E-state index contributed by atoms with van der Waals surface area (Å²) in [5.41, 5.74) is 3.10. The van der Waals surface area contributed by atoms with Crippen LogP contribution < -0.4 is 10.1 Å². The van der Waals surface area contributed by atoms with E-state index in [0.717, 1.165) is 40.6 Å². The minimum atomic E-state index is 0.574. The van der Waals surface area contributed by atoms with Crippen LogP contribution in [0, 0.1) is 0 Å². The van der Waals surface area contributed by atoms with Crippen LogP contribution in [0.1, 0.15) is 18.2 Å². The number of hydrogen-bond acceptors (Lipinski definition) is 5. The summed E-state index contributed by atoms with van der Waals surface area (Å²) in [6, 6.07) is 7.89. The van der Waals surface area contributed by atoms with E-state index in [9.17, 15) is 0 Å². The van der Waals surface area contributed by atoms with E-state index in [1.165, 1.54) is 0 Å². The van der Waals surface area contributed by atoms with Crippen molar-refractivity contribution in [1.82, 2.24) is 9.97 Å². The Morgan fingerprint density at radius 2 is 2.24 bits per heavy atom. The van der Waals surface area contributed by atoms with Crippen LogP contribution >= 0.6 is 0 Å². The number of ether oxygens (including phenoxy) is 2. The molecule has 0 saturated carbocycles. The highest BCUT2D eigenvalue weighted by Gasteiger charge is 2.18. The van der Waals surface area contributed by atoms with Gasteiger partial charge in [0.25, 0.3) is 0 Å². The molecule has 0 amide bonds. The first-order valence-electron chi connectivity index (χ1n) is 7.20. The lowest BCUT2D eigenvalue weighted by Crippen LogP contribution is -2.16. The number of benzene rings is 1. The van der Waals surface area contributed by atoms with Gasteiger partial charge in [-0.25, -0.2) is 9.97 Å². The summed E-state index contributed by atoms with van der Waals surface area (Å²) < 4.78 is 11.0. The highest BCUT2D eigenvalue weighted by molar-refractivity contribution is 5.61. The Morgan fingerprint density at radius 3 is 3.05 bits per heavy atom. The zero-order valence-corrected chi connectivity index (χ0v) is 12.3. The zero-order chi connectivity index (χ0) is 14.7. The van der Waals surface area contributed by atoms with E-state index in [1.807, 2.05) is 38.2 Å². The highest BCUT2D eigenvalue weighted by Crippen LogP contribution is 2.27. The van der Waals surface area contributed by atoms with Gasteiger partial charge in [0.2, 0.25) is 0 Å². The van der Waals surface area contributed by atoms with Crippen LogP contribution in [0.5, 0.6) is 5.75 Å². The molecule has 1 aliphatic rings. The van der Waals surface area contributed by atoms with E-state index in [2.05, 4.69) is 10.3 Å². The van der Waals surface area contributed by atoms with Gasteiger partial charge in [0.15, 0.2) is 5.82 Å². The Morgan fingerprint density at radius 1 is 1.33 bits per heavy atom. The molecule has 0 saturated heterocycles. The fraction of sp³-hybridized carbons (Fsp3) is 0.375. The van der Waals surface area contributed by atoms with Gasteiger partial charge in [0.05, 0.1) is 25.5 Å². The van der Waals surface area contributed by atoms with Gasteiger partial charge in [0, 0.05) is 24.6 Å². The van der Waals surface area contributed by atoms with Gasteiger partial charge in [-0.3, -0.25) is 0 Å². The van der Waals surface area contributed by atoms with E-state index >= 15 is 0 Å². The molecule has 5 nitrogen and oxygen atoms in total. The standard InChI is InChI=1S/C16H19N3O2/c1-3-21-12-6-4-5-11(9-12)15-18-14-7-8-20-10-13(14)16(17-2)19-15/h4-6,9H,3,7-8,10H2,1-2H3,(H,17,18,19). The molecular formula is C16H19N3O2. The van der Waals surface area contributed by atoms with Crippen LogP contribution in [0.4, 0.5) is 5.82 Å².